The molecule has 0 aliphatic heterocycles. The molecule has 0 bridgehead atoms. The number of nitrogens with one attached hydrogen (secondary N) is 1. The van der Waals surface area contributed by atoms with Crippen molar-refractivity contribution in [3.8, 4) is 0 Å². The Labute approximate surface area is 115 Å². The lowest BCUT2D eigenvalue weighted by atomic mass is 10.3. The van der Waals surface area contributed by atoms with E-state index in [1.165, 1.54) is 17.4 Å². The third-order valence-electron chi connectivity index (χ3n) is 2.08. The molecule has 2 rings (SSSR count). The van der Waals surface area contributed by atoms with Gasteiger partial charge in [0.25, 0.3) is 0 Å². The van der Waals surface area contributed by atoms with Crippen LogP contribution in [0.4, 0.5) is 14.5 Å². The van der Waals surface area contributed by atoms with Crippen LogP contribution in [0.15, 0.2) is 28.7 Å². The Kier molecular flexibility index (Phi) is 4.01. The molecule has 0 atom stereocenters. The van der Waals surface area contributed by atoms with Crippen molar-refractivity contribution in [2.24, 2.45) is 0 Å². The molecule has 1 heterocycles. The normalized spacial score (nSPS) is 10.6. The fourth-order valence-corrected chi connectivity index (χ4v) is 2.91. The summed E-state index contributed by atoms with van der Waals surface area (Å²) >= 11 is 10.3. The number of rotatable bonds is 3. The Balaban J connectivity index is 2.14. The molecule has 0 fully saturated rings. The molecule has 90 valence electrons. The van der Waals surface area contributed by atoms with Gasteiger partial charge in [0.05, 0.1) is 10.0 Å². The quantitative estimate of drug-likeness (QED) is 0.825. The second-order valence-corrected chi connectivity index (χ2v) is 5.96. The Morgan fingerprint density at radius 2 is 2.06 bits per heavy atom. The van der Waals surface area contributed by atoms with E-state index >= 15 is 0 Å². The highest BCUT2D eigenvalue weighted by Gasteiger charge is 2.09. The maximum atomic E-state index is 13.5. The fraction of sp³-hybridized carbons (Fsp3) is 0.0909. The van der Waals surface area contributed by atoms with Crippen LogP contribution in [0.1, 0.15) is 4.88 Å². The topological polar surface area (TPSA) is 12.0 Å². The number of halogens is 4. The van der Waals surface area contributed by atoms with E-state index in [0.717, 1.165) is 10.9 Å². The minimum absolute atomic E-state index is 0.246. The Bertz CT molecular complexity index is 521. The first-order valence-corrected chi connectivity index (χ1v) is 6.67. The third-order valence-corrected chi connectivity index (χ3v) is 3.93. The van der Waals surface area contributed by atoms with Gasteiger partial charge in [-0.15, -0.1) is 11.3 Å². The Hall–Kier alpha value is -0.650. The second-order valence-electron chi connectivity index (χ2n) is 3.30. The molecule has 6 heteroatoms. The molecular formula is C11H7BrClF2NS. The molecule has 17 heavy (non-hydrogen) atoms. The van der Waals surface area contributed by atoms with Gasteiger partial charge in [-0.3, -0.25) is 0 Å². The summed E-state index contributed by atoms with van der Waals surface area (Å²) in [6.07, 6.45) is 0. The van der Waals surface area contributed by atoms with Crippen molar-refractivity contribution < 1.29 is 8.78 Å². The zero-order valence-electron chi connectivity index (χ0n) is 8.44. The van der Waals surface area contributed by atoms with Gasteiger partial charge >= 0.3 is 0 Å². The van der Waals surface area contributed by atoms with Gasteiger partial charge in [0, 0.05) is 22.0 Å². The van der Waals surface area contributed by atoms with E-state index in [4.69, 9.17) is 11.6 Å². The summed E-state index contributed by atoms with van der Waals surface area (Å²) in [5.74, 6) is -1.24. The Morgan fingerprint density at radius 3 is 2.65 bits per heavy atom. The van der Waals surface area contributed by atoms with Crippen molar-refractivity contribution in [2.45, 2.75) is 6.54 Å². The number of anilines is 1. The third kappa shape index (κ3) is 3.18. The van der Waals surface area contributed by atoms with Crippen molar-refractivity contribution in [1.82, 2.24) is 0 Å². The summed E-state index contributed by atoms with van der Waals surface area (Å²) in [5.41, 5.74) is 0.246. The first-order chi connectivity index (χ1) is 8.06. The molecule has 0 aliphatic carbocycles. The predicted molar refractivity (Wildman–Crippen MR) is 70.7 cm³/mol. The van der Waals surface area contributed by atoms with Crippen LogP contribution < -0.4 is 5.32 Å². The standard InChI is InChI=1S/C11H7BrClF2NS/c12-8-3-6(14)4-9(15)11(8)16-5-7-1-2-10(13)17-7/h1-4,16H,5H2. The highest BCUT2D eigenvalue weighted by atomic mass is 79.9. The molecule has 0 spiro atoms. The minimum atomic E-state index is -0.625. The zero-order chi connectivity index (χ0) is 12.4. The number of hydrogen-bond donors (Lipinski definition) is 1. The summed E-state index contributed by atoms with van der Waals surface area (Å²) in [4.78, 5) is 0.977. The molecule has 0 amide bonds. The smallest absolute Gasteiger partial charge is 0.150 e. The van der Waals surface area contributed by atoms with Gasteiger partial charge in [-0.25, -0.2) is 8.78 Å². The van der Waals surface area contributed by atoms with Crippen LogP contribution in [-0.2, 0) is 6.54 Å². The van der Waals surface area contributed by atoms with Crippen LogP contribution >= 0.6 is 38.9 Å². The molecule has 1 nitrogen and oxygen atoms in total. The lowest BCUT2D eigenvalue weighted by molar-refractivity contribution is 0.583. The first-order valence-electron chi connectivity index (χ1n) is 4.69. The summed E-state index contributed by atoms with van der Waals surface area (Å²) < 4.78 is 27.4. The van der Waals surface area contributed by atoms with Crippen LogP contribution in [0.2, 0.25) is 4.34 Å². The fourth-order valence-electron chi connectivity index (χ4n) is 1.33. The average Bonchev–Trinajstić information content (AvgIpc) is 2.62. The van der Waals surface area contributed by atoms with E-state index in [0.29, 0.717) is 15.4 Å². The summed E-state index contributed by atoms with van der Waals surface area (Å²) in [6.45, 7) is 0.443. The minimum Gasteiger partial charge on any atom is -0.377 e. The number of hydrogen-bond acceptors (Lipinski definition) is 2. The average molecular weight is 339 g/mol. The monoisotopic (exact) mass is 337 g/mol. The van der Waals surface area contributed by atoms with Gasteiger partial charge in [-0.05, 0) is 34.1 Å². The highest BCUT2D eigenvalue weighted by molar-refractivity contribution is 9.10. The largest absolute Gasteiger partial charge is 0.377 e. The van der Waals surface area contributed by atoms with Gasteiger partial charge < -0.3 is 5.32 Å². The molecule has 0 saturated heterocycles. The molecule has 0 saturated carbocycles. The molecule has 1 aromatic heterocycles. The van der Waals surface area contributed by atoms with Gasteiger partial charge in [0.15, 0.2) is 0 Å². The van der Waals surface area contributed by atoms with E-state index in [1.807, 2.05) is 6.07 Å². The van der Waals surface area contributed by atoms with Crippen molar-refractivity contribution in [1.29, 1.82) is 0 Å². The van der Waals surface area contributed by atoms with Crippen molar-refractivity contribution in [3.05, 3.63) is 49.6 Å². The maximum absolute atomic E-state index is 13.5. The predicted octanol–water partition coefficient (Wildman–Crippen LogP) is 5.05. The van der Waals surface area contributed by atoms with Crippen molar-refractivity contribution in [2.75, 3.05) is 5.32 Å². The van der Waals surface area contributed by atoms with E-state index in [-0.39, 0.29) is 5.69 Å². The molecule has 0 aliphatic rings. The molecule has 1 N–H and O–H groups in total. The zero-order valence-corrected chi connectivity index (χ0v) is 11.6. The molecule has 1 aromatic carbocycles. The first kappa shape index (κ1) is 12.8. The summed E-state index contributed by atoms with van der Waals surface area (Å²) in [7, 11) is 0. The van der Waals surface area contributed by atoms with Crippen LogP contribution in [-0.4, -0.2) is 0 Å². The van der Waals surface area contributed by atoms with E-state index < -0.39 is 11.6 Å². The lowest BCUT2D eigenvalue weighted by Crippen LogP contribution is -2.01. The molecular weight excluding hydrogens is 332 g/mol. The lowest BCUT2D eigenvalue weighted by Gasteiger charge is -2.08. The van der Waals surface area contributed by atoms with E-state index in [9.17, 15) is 8.78 Å². The summed E-state index contributed by atoms with van der Waals surface area (Å²) in [5, 5.41) is 2.90. The van der Waals surface area contributed by atoms with E-state index in [1.54, 1.807) is 6.07 Å². The van der Waals surface area contributed by atoms with Gasteiger partial charge in [-0.2, -0.15) is 0 Å². The van der Waals surface area contributed by atoms with Gasteiger partial charge in [0.2, 0.25) is 0 Å². The van der Waals surface area contributed by atoms with Gasteiger partial charge in [-0.1, -0.05) is 11.6 Å². The van der Waals surface area contributed by atoms with Crippen LogP contribution in [0.25, 0.3) is 0 Å². The van der Waals surface area contributed by atoms with Crippen molar-refractivity contribution >= 4 is 44.6 Å². The molecule has 2 aromatic rings. The maximum Gasteiger partial charge on any atom is 0.150 e. The van der Waals surface area contributed by atoms with Crippen LogP contribution in [0.3, 0.4) is 0 Å². The van der Waals surface area contributed by atoms with Crippen molar-refractivity contribution in [3.63, 3.8) is 0 Å². The molecule has 0 unspecified atom stereocenters. The Morgan fingerprint density at radius 1 is 1.29 bits per heavy atom. The second kappa shape index (κ2) is 5.33. The SMILES string of the molecule is Fc1cc(F)c(NCc2ccc(Cl)s2)c(Br)c1. The van der Waals surface area contributed by atoms with E-state index in [2.05, 4.69) is 21.2 Å². The summed E-state index contributed by atoms with van der Waals surface area (Å²) in [6, 6.07) is 5.69. The van der Waals surface area contributed by atoms with Gasteiger partial charge in [0.1, 0.15) is 11.6 Å². The molecule has 0 radical (unpaired) electrons. The highest BCUT2D eigenvalue weighted by Crippen LogP contribution is 2.28. The van der Waals surface area contributed by atoms with Crippen LogP contribution in [0.5, 0.6) is 0 Å². The number of thiophene rings is 1. The van der Waals surface area contributed by atoms with Crippen LogP contribution in [0, 0.1) is 11.6 Å². The number of benzene rings is 1.